The van der Waals surface area contributed by atoms with Crippen molar-refractivity contribution in [1.29, 1.82) is 0 Å². The Morgan fingerprint density at radius 1 is 1.60 bits per heavy atom. The molecule has 0 spiro atoms. The van der Waals surface area contributed by atoms with E-state index in [0.717, 1.165) is 6.42 Å². The Bertz CT molecular complexity index is 319. The molecule has 0 aromatic carbocycles. The number of ether oxygens (including phenoxy) is 1. The number of fused-ring (bicyclic) bond motifs is 2. The van der Waals surface area contributed by atoms with E-state index >= 15 is 0 Å². The molecule has 5 nitrogen and oxygen atoms in total. The minimum Gasteiger partial charge on any atom is -0.472 e. The van der Waals surface area contributed by atoms with Crippen molar-refractivity contribution >= 4 is 11.8 Å². The molecule has 0 aliphatic carbocycles. The van der Waals surface area contributed by atoms with Gasteiger partial charge in [-0.25, -0.2) is 0 Å². The topological polar surface area (TPSA) is 62.1 Å². The number of oxime groups is 1. The average Bonchev–Trinajstić information content (AvgIpc) is 2.72. The highest BCUT2D eigenvalue weighted by molar-refractivity contribution is 5.92. The molecule has 2 saturated heterocycles. The molecule has 2 fully saturated rings. The number of carbonyl (C=O) groups is 1. The lowest BCUT2D eigenvalue weighted by molar-refractivity contribution is -0.140. The Labute approximate surface area is 88.7 Å². The largest absolute Gasteiger partial charge is 0.472 e. The van der Waals surface area contributed by atoms with Crippen LogP contribution < -0.4 is 0 Å². The molecule has 2 bridgehead atoms. The van der Waals surface area contributed by atoms with Crippen LogP contribution in [-0.4, -0.2) is 40.6 Å². The third kappa shape index (κ3) is 1.56. The fourth-order valence-corrected chi connectivity index (χ4v) is 2.11. The van der Waals surface area contributed by atoms with Crippen molar-refractivity contribution in [3.8, 4) is 0 Å². The van der Waals surface area contributed by atoms with Crippen LogP contribution in [0.5, 0.6) is 0 Å². The van der Waals surface area contributed by atoms with E-state index in [2.05, 4.69) is 5.16 Å². The molecule has 2 aliphatic rings. The average molecular weight is 212 g/mol. The lowest BCUT2D eigenvalue weighted by Gasteiger charge is -2.32. The summed E-state index contributed by atoms with van der Waals surface area (Å²) in [6.07, 6.45) is 0.758. The highest BCUT2D eigenvalue weighted by Crippen LogP contribution is 2.33. The molecule has 1 amide bonds. The van der Waals surface area contributed by atoms with Crippen LogP contribution in [0.2, 0.25) is 0 Å². The number of hydrogen-bond acceptors (Lipinski definition) is 4. The van der Waals surface area contributed by atoms with Crippen molar-refractivity contribution < 1.29 is 14.7 Å². The van der Waals surface area contributed by atoms with Crippen LogP contribution in [0.1, 0.15) is 27.2 Å². The van der Waals surface area contributed by atoms with E-state index in [1.165, 1.54) is 0 Å². The van der Waals surface area contributed by atoms with Crippen LogP contribution in [-0.2, 0) is 9.53 Å². The van der Waals surface area contributed by atoms with Gasteiger partial charge < -0.3 is 14.8 Å². The Morgan fingerprint density at radius 2 is 2.27 bits per heavy atom. The smallest absolute Gasteiger partial charge is 0.249 e. The van der Waals surface area contributed by atoms with Crippen molar-refractivity contribution in [3.05, 3.63) is 0 Å². The van der Waals surface area contributed by atoms with E-state index in [9.17, 15) is 4.79 Å². The molecule has 5 heteroatoms. The van der Waals surface area contributed by atoms with Crippen LogP contribution in [0.15, 0.2) is 5.16 Å². The summed E-state index contributed by atoms with van der Waals surface area (Å²) in [5.74, 6) is 0.364. The Morgan fingerprint density at radius 3 is 2.73 bits per heavy atom. The highest BCUT2D eigenvalue weighted by Gasteiger charge is 2.49. The van der Waals surface area contributed by atoms with Gasteiger partial charge in [0.05, 0.1) is 6.54 Å². The monoisotopic (exact) mass is 212 g/mol. The van der Waals surface area contributed by atoms with Gasteiger partial charge in [-0.3, -0.25) is 4.79 Å². The van der Waals surface area contributed by atoms with E-state index in [4.69, 9.17) is 9.94 Å². The second-order valence-electron chi connectivity index (χ2n) is 5.14. The van der Waals surface area contributed by atoms with Gasteiger partial charge in [-0.05, 0) is 0 Å². The Hall–Kier alpha value is -1.26. The summed E-state index contributed by atoms with van der Waals surface area (Å²) >= 11 is 0. The first kappa shape index (κ1) is 10.3. The number of likely N-dealkylation sites (tertiary alicyclic amines) is 1. The van der Waals surface area contributed by atoms with Gasteiger partial charge in [0, 0.05) is 11.8 Å². The summed E-state index contributed by atoms with van der Waals surface area (Å²) in [6, 6.07) is -0.160. The van der Waals surface area contributed by atoms with Gasteiger partial charge >= 0.3 is 0 Å². The molecule has 2 aliphatic heterocycles. The number of nitrogens with zero attached hydrogens (tertiary/aromatic N) is 2. The van der Waals surface area contributed by atoms with Crippen molar-refractivity contribution in [2.75, 3.05) is 6.54 Å². The lowest BCUT2D eigenvalue weighted by Crippen LogP contribution is -2.48. The maximum atomic E-state index is 12.1. The summed E-state index contributed by atoms with van der Waals surface area (Å²) in [4.78, 5) is 13.8. The second-order valence-corrected chi connectivity index (χ2v) is 5.14. The van der Waals surface area contributed by atoms with Gasteiger partial charge in [-0.2, -0.15) is 0 Å². The molecule has 2 atom stereocenters. The summed E-state index contributed by atoms with van der Waals surface area (Å²) in [6.45, 7) is 6.27. The van der Waals surface area contributed by atoms with Crippen LogP contribution in [0, 0.1) is 5.41 Å². The summed E-state index contributed by atoms with van der Waals surface area (Å²) in [7, 11) is 0. The molecule has 84 valence electrons. The summed E-state index contributed by atoms with van der Waals surface area (Å²) in [5, 5.41) is 11.8. The zero-order chi connectivity index (χ0) is 11.2. The molecule has 2 rings (SSSR count). The van der Waals surface area contributed by atoms with Crippen molar-refractivity contribution in [3.63, 3.8) is 0 Å². The first-order chi connectivity index (χ1) is 6.93. The summed E-state index contributed by atoms with van der Waals surface area (Å²) < 4.78 is 5.31. The van der Waals surface area contributed by atoms with Gasteiger partial charge in [-0.15, -0.1) is 0 Å². The standard InChI is InChI=1S/C10H16N2O3/c1-10(2,3)9(13)12-5-6-4-7(12)8(11-14)15-6/h6-7,14H,4-5H2,1-3H3/b11-8-. The van der Waals surface area contributed by atoms with Crippen molar-refractivity contribution in [2.24, 2.45) is 10.6 Å². The SMILES string of the molecule is CC(C)(C)C(=O)N1CC2CC1/C(=N/O)O2. The van der Waals surface area contributed by atoms with Gasteiger partial charge in [0.25, 0.3) is 0 Å². The number of rotatable bonds is 0. The minimum atomic E-state index is -0.398. The van der Waals surface area contributed by atoms with E-state index < -0.39 is 5.41 Å². The van der Waals surface area contributed by atoms with E-state index in [1.54, 1.807) is 4.90 Å². The maximum absolute atomic E-state index is 12.1. The van der Waals surface area contributed by atoms with Crippen LogP contribution in [0.25, 0.3) is 0 Å². The molecule has 0 aromatic heterocycles. The minimum absolute atomic E-state index is 0.00667. The van der Waals surface area contributed by atoms with Crippen LogP contribution in [0.3, 0.4) is 0 Å². The van der Waals surface area contributed by atoms with E-state index in [0.29, 0.717) is 6.54 Å². The zero-order valence-corrected chi connectivity index (χ0v) is 9.23. The Kier molecular flexibility index (Phi) is 2.13. The molecular formula is C10H16N2O3. The maximum Gasteiger partial charge on any atom is 0.249 e. The fraction of sp³-hybridized carbons (Fsp3) is 0.800. The molecule has 2 heterocycles. The molecule has 15 heavy (non-hydrogen) atoms. The third-order valence-electron chi connectivity index (χ3n) is 2.84. The van der Waals surface area contributed by atoms with Gasteiger partial charge in [0.2, 0.25) is 11.8 Å². The quantitative estimate of drug-likeness (QED) is 0.477. The number of morpholine rings is 1. The molecule has 0 radical (unpaired) electrons. The molecule has 1 N–H and O–H groups in total. The van der Waals surface area contributed by atoms with Gasteiger partial charge in [-0.1, -0.05) is 25.9 Å². The predicted octanol–water partition coefficient (Wildman–Crippen LogP) is 0.820. The van der Waals surface area contributed by atoms with E-state index in [-0.39, 0.29) is 24.0 Å². The van der Waals surface area contributed by atoms with Gasteiger partial charge in [0.15, 0.2) is 0 Å². The van der Waals surface area contributed by atoms with Gasteiger partial charge in [0.1, 0.15) is 12.1 Å². The highest BCUT2D eigenvalue weighted by atomic mass is 16.5. The lowest BCUT2D eigenvalue weighted by atomic mass is 9.94. The molecule has 0 saturated carbocycles. The molecular weight excluding hydrogens is 196 g/mol. The first-order valence-corrected chi connectivity index (χ1v) is 5.13. The van der Waals surface area contributed by atoms with Crippen molar-refractivity contribution in [1.82, 2.24) is 4.90 Å². The predicted molar refractivity (Wildman–Crippen MR) is 53.7 cm³/mol. The fourth-order valence-electron chi connectivity index (χ4n) is 2.11. The zero-order valence-electron chi connectivity index (χ0n) is 9.23. The van der Waals surface area contributed by atoms with Crippen molar-refractivity contribution in [2.45, 2.75) is 39.3 Å². The number of amides is 1. The molecule has 0 aromatic rings. The number of hydrogen-bond donors (Lipinski definition) is 1. The Balaban J connectivity index is 2.17. The summed E-state index contributed by atoms with van der Waals surface area (Å²) in [5.41, 5.74) is -0.398. The second kappa shape index (κ2) is 3.12. The van der Waals surface area contributed by atoms with Crippen LogP contribution >= 0.6 is 0 Å². The van der Waals surface area contributed by atoms with Crippen LogP contribution in [0.4, 0.5) is 0 Å². The normalized spacial score (nSPS) is 32.2. The first-order valence-electron chi connectivity index (χ1n) is 5.13. The number of carbonyl (C=O) groups excluding carboxylic acids is 1. The molecule has 2 unspecified atom stereocenters. The third-order valence-corrected chi connectivity index (χ3v) is 2.84. The van der Waals surface area contributed by atoms with E-state index in [1.807, 2.05) is 20.8 Å².